The molecule has 0 radical (unpaired) electrons. The molecule has 1 rings (SSSR count). The third-order valence-corrected chi connectivity index (χ3v) is 3.60. The smallest absolute Gasteiger partial charge is 0.296 e. The molecule has 1 heterocycles. The zero-order chi connectivity index (χ0) is 9.95. The maximum Gasteiger partial charge on any atom is 0.405 e. The van der Waals surface area contributed by atoms with Crippen LogP contribution < -0.4 is 5.09 Å². The van der Waals surface area contributed by atoms with E-state index in [0.717, 1.165) is 5.33 Å². The van der Waals surface area contributed by atoms with E-state index in [2.05, 4.69) is 21.0 Å². The van der Waals surface area contributed by atoms with E-state index in [4.69, 9.17) is 9.05 Å². The molecule has 1 aliphatic rings. The molecule has 1 saturated heterocycles. The number of hydrogen-bond acceptors (Lipinski definition) is 3. The summed E-state index contributed by atoms with van der Waals surface area (Å²) in [6.45, 7) is 5.55. The summed E-state index contributed by atoms with van der Waals surface area (Å²) in [6, 6.07) is 0. The Hall–Kier alpha value is 0.590. The second-order valence-electron chi connectivity index (χ2n) is 3.81. The first kappa shape index (κ1) is 11.7. The summed E-state index contributed by atoms with van der Waals surface area (Å²) in [4.78, 5) is 0. The Balaban J connectivity index is 2.42. The lowest BCUT2D eigenvalue weighted by Gasteiger charge is -2.33. The largest absolute Gasteiger partial charge is 0.405 e. The quantitative estimate of drug-likeness (QED) is 0.631. The van der Waals surface area contributed by atoms with Crippen LogP contribution in [0.15, 0.2) is 0 Å². The second kappa shape index (κ2) is 4.41. The van der Waals surface area contributed by atoms with Gasteiger partial charge in [0.1, 0.15) is 0 Å². The van der Waals surface area contributed by atoms with Gasteiger partial charge in [-0.2, -0.15) is 0 Å². The Morgan fingerprint density at radius 3 is 2.46 bits per heavy atom. The van der Waals surface area contributed by atoms with Crippen LogP contribution in [0.2, 0.25) is 0 Å². The monoisotopic (exact) mass is 271 g/mol. The van der Waals surface area contributed by atoms with Crippen molar-refractivity contribution >= 4 is 23.7 Å². The van der Waals surface area contributed by atoms with E-state index in [1.807, 2.05) is 13.8 Å². The summed E-state index contributed by atoms with van der Waals surface area (Å²) >= 11 is 3.23. The van der Waals surface area contributed by atoms with E-state index in [1.165, 1.54) is 0 Å². The van der Waals surface area contributed by atoms with Gasteiger partial charge in [-0.15, -0.1) is 0 Å². The van der Waals surface area contributed by atoms with E-state index in [1.54, 1.807) is 0 Å². The van der Waals surface area contributed by atoms with Crippen LogP contribution in [0.25, 0.3) is 0 Å². The fraction of sp³-hybridized carbons (Fsp3) is 1.00. The minimum Gasteiger partial charge on any atom is -0.296 e. The highest BCUT2D eigenvalue weighted by Gasteiger charge is 2.35. The average molecular weight is 272 g/mol. The minimum absolute atomic E-state index is 0.0377. The number of alkyl halides is 1. The summed E-state index contributed by atoms with van der Waals surface area (Å²) in [5.41, 5.74) is -0.0377. The molecule has 0 aromatic heterocycles. The van der Waals surface area contributed by atoms with Crippen molar-refractivity contribution < 1.29 is 13.6 Å². The van der Waals surface area contributed by atoms with Gasteiger partial charge in [0.2, 0.25) is 0 Å². The molecule has 0 amide bonds. The predicted molar refractivity (Wildman–Crippen MR) is 55.1 cm³/mol. The van der Waals surface area contributed by atoms with Gasteiger partial charge < -0.3 is 0 Å². The van der Waals surface area contributed by atoms with Crippen LogP contribution in [-0.4, -0.2) is 25.1 Å². The topological polar surface area (TPSA) is 47.6 Å². The summed E-state index contributed by atoms with van der Waals surface area (Å²) in [5, 5.41) is 3.48. The second-order valence-corrected chi connectivity index (χ2v) is 6.43. The molecular weight excluding hydrogens is 257 g/mol. The molecule has 0 bridgehead atoms. The van der Waals surface area contributed by atoms with Gasteiger partial charge in [0.15, 0.2) is 0 Å². The highest BCUT2D eigenvalue weighted by Crippen LogP contribution is 2.49. The lowest BCUT2D eigenvalue weighted by atomic mass is 9.97. The lowest BCUT2D eigenvalue weighted by Crippen LogP contribution is -2.33. The standard InChI is InChI=1S/C7H15BrNO3P/c1-7(2)5-11-13(10,12-6-7)9-4-3-8/h3-6H2,1-2H3,(H,9,10). The molecule has 0 spiro atoms. The van der Waals surface area contributed by atoms with E-state index in [0.29, 0.717) is 19.8 Å². The molecule has 78 valence electrons. The first-order valence-corrected chi connectivity index (χ1v) is 6.84. The number of hydrogen-bond donors (Lipinski definition) is 1. The van der Waals surface area contributed by atoms with Crippen molar-refractivity contribution in [3.8, 4) is 0 Å². The first-order chi connectivity index (χ1) is 5.97. The van der Waals surface area contributed by atoms with Crippen molar-refractivity contribution in [2.45, 2.75) is 13.8 Å². The van der Waals surface area contributed by atoms with Gasteiger partial charge in [-0.25, -0.2) is 9.65 Å². The molecule has 4 nitrogen and oxygen atoms in total. The Labute approximate surface area is 87.1 Å². The van der Waals surface area contributed by atoms with Gasteiger partial charge >= 0.3 is 7.75 Å². The summed E-state index contributed by atoms with van der Waals surface area (Å²) in [7, 11) is -2.99. The molecule has 0 aliphatic carbocycles. The summed E-state index contributed by atoms with van der Waals surface area (Å²) < 4.78 is 22.1. The van der Waals surface area contributed by atoms with E-state index in [9.17, 15) is 4.57 Å². The van der Waals surface area contributed by atoms with Gasteiger partial charge in [-0.1, -0.05) is 29.8 Å². The van der Waals surface area contributed by atoms with Crippen LogP contribution in [0.5, 0.6) is 0 Å². The van der Waals surface area contributed by atoms with Crippen molar-refractivity contribution in [1.82, 2.24) is 5.09 Å². The fourth-order valence-electron chi connectivity index (χ4n) is 0.869. The van der Waals surface area contributed by atoms with Crippen LogP contribution >= 0.6 is 23.7 Å². The molecule has 0 aromatic rings. The molecule has 1 fully saturated rings. The minimum atomic E-state index is -2.99. The van der Waals surface area contributed by atoms with Crippen molar-refractivity contribution in [2.24, 2.45) is 5.41 Å². The number of halogens is 1. The van der Waals surface area contributed by atoms with Crippen molar-refractivity contribution in [2.75, 3.05) is 25.1 Å². The third kappa shape index (κ3) is 3.68. The summed E-state index contributed by atoms with van der Waals surface area (Å²) in [5.74, 6) is 0. The summed E-state index contributed by atoms with van der Waals surface area (Å²) in [6.07, 6.45) is 0. The molecule has 0 unspecified atom stereocenters. The van der Waals surface area contributed by atoms with Crippen LogP contribution in [0.1, 0.15) is 13.8 Å². The zero-order valence-corrected chi connectivity index (χ0v) is 10.4. The van der Waals surface area contributed by atoms with Gasteiger partial charge in [0.25, 0.3) is 0 Å². The number of nitrogens with one attached hydrogen (secondary N) is 1. The molecule has 13 heavy (non-hydrogen) atoms. The molecule has 1 aliphatic heterocycles. The van der Waals surface area contributed by atoms with Crippen LogP contribution in [0.3, 0.4) is 0 Å². The van der Waals surface area contributed by atoms with Crippen LogP contribution in [-0.2, 0) is 13.6 Å². The van der Waals surface area contributed by atoms with Gasteiger partial charge in [-0.05, 0) is 0 Å². The maximum absolute atomic E-state index is 11.7. The van der Waals surface area contributed by atoms with Gasteiger partial charge in [-0.3, -0.25) is 9.05 Å². The highest BCUT2D eigenvalue weighted by molar-refractivity contribution is 9.09. The van der Waals surface area contributed by atoms with Gasteiger partial charge in [0.05, 0.1) is 13.2 Å². The highest BCUT2D eigenvalue weighted by atomic mass is 79.9. The van der Waals surface area contributed by atoms with Crippen molar-refractivity contribution in [1.29, 1.82) is 0 Å². The third-order valence-electron chi connectivity index (χ3n) is 1.65. The fourth-order valence-corrected chi connectivity index (χ4v) is 3.06. The van der Waals surface area contributed by atoms with Crippen molar-refractivity contribution in [3.63, 3.8) is 0 Å². The predicted octanol–water partition coefficient (Wildman–Crippen LogP) is 2.15. The Morgan fingerprint density at radius 1 is 1.46 bits per heavy atom. The van der Waals surface area contributed by atoms with E-state index < -0.39 is 7.75 Å². The van der Waals surface area contributed by atoms with E-state index in [-0.39, 0.29) is 5.41 Å². The Bertz CT molecular complexity index is 208. The molecule has 0 aromatic carbocycles. The average Bonchev–Trinajstić information content (AvgIpc) is 2.08. The van der Waals surface area contributed by atoms with Crippen molar-refractivity contribution in [3.05, 3.63) is 0 Å². The van der Waals surface area contributed by atoms with Crippen LogP contribution in [0, 0.1) is 5.41 Å². The Morgan fingerprint density at radius 2 is 2.00 bits per heavy atom. The zero-order valence-electron chi connectivity index (χ0n) is 7.88. The molecular formula is C7H15BrNO3P. The van der Waals surface area contributed by atoms with E-state index >= 15 is 0 Å². The molecule has 6 heteroatoms. The SMILES string of the molecule is CC1(C)COP(=O)(NCCBr)OC1. The molecule has 0 saturated carbocycles. The Kier molecular flexibility index (Phi) is 3.95. The number of rotatable bonds is 3. The molecule has 1 N–H and O–H groups in total. The normalized spacial score (nSPS) is 25.8. The lowest BCUT2D eigenvalue weighted by molar-refractivity contribution is 0.0374. The molecule has 0 atom stereocenters. The van der Waals surface area contributed by atoms with Crippen LogP contribution in [0.4, 0.5) is 0 Å². The first-order valence-electron chi connectivity index (χ1n) is 4.18. The maximum atomic E-state index is 11.7. The van der Waals surface area contributed by atoms with Gasteiger partial charge in [0, 0.05) is 17.3 Å².